The number of nitrogens with zero attached hydrogens (tertiary/aromatic N) is 5. The summed E-state index contributed by atoms with van der Waals surface area (Å²) in [7, 11) is 0. The smallest absolute Gasteiger partial charge is 0.353 e. The number of thioether (sulfide) groups is 2. The Balaban J connectivity index is 1.21. The van der Waals surface area contributed by atoms with Crippen LogP contribution in [0.1, 0.15) is 37.6 Å². The lowest BCUT2D eigenvalue weighted by Crippen LogP contribution is -2.71. The fourth-order valence-electron chi connectivity index (χ4n) is 4.63. The molecule has 1 aromatic carbocycles. The second-order valence-corrected chi connectivity index (χ2v) is 14.8. The Kier molecular flexibility index (Phi) is 12.4. The zero-order valence-corrected chi connectivity index (χ0v) is 30.2. The first-order valence-corrected chi connectivity index (χ1v) is 18.7. The number of aromatic nitrogens is 3. The van der Waals surface area contributed by atoms with E-state index in [0.29, 0.717) is 9.24 Å². The van der Waals surface area contributed by atoms with Gasteiger partial charge in [0.2, 0.25) is 28.5 Å². The molecule has 0 bridgehead atoms. The molecule has 0 aliphatic carbocycles. The Labute approximate surface area is 306 Å². The number of aryl methyl sites for hydroxylation is 1. The molecule has 0 unspecified atom stereocenters. The molecule has 51 heavy (non-hydrogen) atoms. The molecule has 4 heterocycles. The summed E-state index contributed by atoms with van der Waals surface area (Å²) in [5, 5.41) is 31.2. The molecule has 0 radical (unpaired) electrons. The second-order valence-electron chi connectivity index (χ2n) is 10.7. The van der Waals surface area contributed by atoms with Crippen molar-refractivity contribution in [1.29, 1.82) is 0 Å². The molecule has 1 saturated heterocycles. The van der Waals surface area contributed by atoms with Crippen LogP contribution in [0.3, 0.4) is 0 Å². The highest BCUT2D eigenvalue weighted by atomic mass is 32.2. The van der Waals surface area contributed by atoms with E-state index >= 15 is 0 Å². The minimum Gasteiger partial charge on any atom is -0.481 e. The molecule has 17 nitrogen and oxygen atoms in total. The predicted molar refractivity (Wildman–Crippen MR) is 189 cm³/mol. The molecular weight excluding hydrogens is 745 g/mol. The number of hydrogen-bond acceptors (Lipinski definition) is 15. The van der Waals surface area contributed by atoms with Gasteiger partial charge in [0.15, 0.2) is 4.34 Å². The van der Waals surface area contributed by atoms with Crippen molar-refractivity contribution in [2.45, 2.75) is 48.9 Å². The van der Waals surface area contributed by atoms with Crippen molar-refractivity contribution in [3.8, 4) is 11.3 Å². The maximum absolute atomic E-state index is 13.4. The van der Waals surface area contributed by atoms with Gasteiger partial charge in [0.1, 0.15) is 23.7 Å². The second kappa shape index (κ2) is 16.9. The van der Waals surface area contributed by atoms with Crippen LogP contribution in [-0.2, 0) is 33.6 Å². The number of aliphatic carboxylic acids is 2. The van der Waals surface area contributed by atoms with Gasteiger partial charge in [0.05, 0.1) is 12.1 Å². The predicted octanol–water partition coefficient (Wildman–Crippen LogP) is 2.51. The number of rotatable bonds is 16. The lowest BCUT2D eigenvalue weighted by atomic mass is 10.0. The third-order valence-electron chi connectivity index (χ3n) is 7.09. The molecule has 5 N–H and O–H groups in total. The third-order valence-corrected chi connectivity index (χ3v) is 11.2. The standard InChI is InChI=1S/C30H30N8O9S4/c1-3-47-36-21(24-35-29(51-37-24)33-19(40)9-8-18(39)31-11-10-20(41)42)25(43)34-22-26(44)38-23(28(45)46)17(13-48-27(22)38)50-30-32-16(12-49-30)15-6-4-14(2)5-7-15/h4-7,12,22,27H,3,8-11,13H2,1-2H3,(H,31,39)(H,34,43)(H,41,42)(H,45,46)(H,33,35,37,40)/b36-21-/t22-,27-/m1/s1. The first-order valence-electron chi connectivity index (χ1n) is 15.2. The molecule has 4 amide bonds. The molecule has 2 aromatic heterocycles. The monoisotopic (exact) mass is 774 g/mol. The quantitative estimate of drug-likeness (QED) is 0.0798. The van der Waals surface area contributed by atoms with Gasteiger partial charge in [-0.2, -0.15) is 9.36 Å². The summed E-state index contributed by atoms with van der Waals surface area (Å²) < 4.78 is 4.70. The normalized spacial score (nSPS) is 16.9. The summed E-state index contributed by atoms with van der Waals surface area (Å²) in [6.07, 6.45) is -0.665. The highest BCUT2D eigenvalue weighted by Crippen LogP contribution is 2.46. The summed E-state index contributed by atoms with van der Waals surface area (Å²) >= 11 is 4.58. The molecule has 0 spiro atoms. The summed E-state index contributed by atoms with van der Waals surface area (Å²) in [5.41, 5.74) is 2.25. The Bertz CT molecular complexity index is 1910. The molecule has 1 fully saturated rings. The fraction of sp³-hybridized carbons (Fsp3) is 0.333. The third kappa shape index (κ3) is 9.28. The molecule has 2 aliphatic rings. The minimum atomic E-state index is -1.28. The molecule has 21 heteroatoms. The van der Waals surface area contributed by atoms with E-state index in [2.05, 4.69) is 35.4 Å². The Morgan fingerprint density at radius 1 is 1.08 bits per heavy atom. The number of carboxylic acids is 2. The molecule has 268 valence electrons. The zero-order chi connectivity index (χ0) is 36.7. The van der Waals surface area contributed by atoms with Crippen LogP contribution >= 0.6 is 46.4 Å². The number of carbonyl (C=O) groups is 6. The lowest BCUT2D eigenvalue weighted by molar-refractivity contribution is -0.150. The molecule has 2 atom stereocenters. The van der Waals surface area contributed by atoms with Crippen molar-refractivity contribution in [1.82, 2.24) is 29.9 Å². The molecule has 0 saturated carbocycles. The van der Waals surface area contributed by atoms with Gasteiger partial charge in [0.25, 0.3) is 11.8 Å². The minimum absolute atomic E-state index is 0.000464. The maximum Gasteiger partial charge on any atom is 0.353 e. The summed E-state index contributed by atoms with van der Waals surface area (Å²) in [5.74, 6) is -4.85. The van der Waals surface area contributed by atoms with Gasteiger partial charge in [-0.1, -0.05) is 46.7 Å². The number of β-lactam (4-membered cyclic amide) rings is 1. The highest BCUT2D eigenvalue weighted by Gasteiger charge is 2.54. The van der Waals surface area contributed by atoms with Crippen LogP contribution in [0.2, 0.25) is 0 Å². The number of nitrogens with one attached hydrogen (secondary N) is 3. The van der Waals surface area contributed by atoms with Crippen LogP contribution < -0.4 is 16.0 Å². The zero-order valence-electron chi connectivity index (χ0n) is 26.9. The van der Waals surface area contributed by atoms with Crippen molar-refractivity contribution in [3.05, 3.63) is 51.6 Å². The molecule has 2 aliphatic heterocycles. The average Bonchev–Trinajstić information content (AvgIpc) is 3.76. The van der Waals surface area contributed by atoms with E-state index in [-0.39, 0.29) is 60.5 Å². The lowest BCUT2D eigenvalue weighted by Gasteiger charge is -2.49. The summed E-state index contributed by atoms with van der Waals surface area (Å²) in [4.78, 5) is 89.3. The van der Waals surface area contributed by atoms with Gasteiger partial charge in [0, 0.05) is 52.5 Å². The van der Waals surface area contributed by atoms with Gasteiger partial charge in [-0.3, -0.25) is 28.9 Å². The van der Waals surface area contributed by atoms with Crippen molar-refractivity contribution in [2.24, 2.45) is 5.16 Å². The first-order chi connectivity index (χ1) is 24.4. The van der Waals surface area contributed by atoms with E-state index in [1.54, 1.807) is 6.92 Å². The topological polar surface area (TPSA) is 242 Å². The van der Waals surface area contributed by atoms with E-state index in [9.17, 15) is 33.9 Å². The maximum atomic E-state index is 13.4. The Morgan fingerprint density at radius 2 is 1.82 bits per heavy atom. The number of fused-ring (bicyclic) bond motifs is 1. The van der Waals surface area contributed by atoms with E-state index in [0.717, 1.165) is 33.3 Å². The molecular formula is C30H30N8O9S4. The number of anilines is 1. The van der Waals surface area contributed by atoms with Gasteiger partial charge in [-0.15, -0.1) is 23.1 Å². The van der Waals surface area contributed by atoms with Crippen LogP contribution in [0.4, 0.5) is 5.13 Å². The van der Waals surface area contributed by atoms with Crippen molar-refractivity contribution in [2.75, 3.05) is 24.2 Å². The van der Waals surface area contributed by atoms with Gasteiger partial charge >= 0.3 is 11.9 Å². The van der Waals surface area contributed by atoms with E-state index in [1.807, 2.05) is 36.6 Å². The van der Waals surface area contributed by atoms with Crippen LogP contribution in [0.25, 0.3) is 11.3 Å². The number of amides is 4. The van der Waals surface area contributed by atoms with Crippen LogP contribution in [-0.4, -0.2) is 101 Å². The fourth-order valence-corrected chi connectivity index (χ4v) is 8.68. The summed E-state index contributed by atoms with van der Waals surface area (Å²) in [6.45, 7) is 3.65. The SMILES string of the molecule is CCO/N=C(\C(=O)N[C@@H]1C(=O)N2C(C(=O)O)=C(Sc3nc(-c4ccc(C)cc4)cs3)CS[C@H]12)c1nsc(NC(=O)CCC(=O)NCCC(=O)O)n1. The van der Waals surface area contributed by atoms with Gasteiger partial charge in [-0.05, 0) is 13.8 Å². The first kappa shape index (κ1) is 37.4. The van der Waals surface area contributed by atoms with Crippen LogP contribution in [0.5, 0.6) is 0 Å². The number of oxime groups is 1. The number of benzene rings is 1. The molecule has 3 aromatic rings. The largest absolute Gasteiger partial charge is 0.481 e. The Hall–Kier alpha value is -4.86. The van der Waals surface area contributed by atoms with Crippen LogP contribution in [0, 0.1) is 6.92 Å². The number of hydrogen-bond donors (Lipinski definition) is 5. The highest BCUT2D eigenvalue weighted by molar-refractivity contribution is 8.07. The number of thiazole rings is 1. The van der Waals surface area contributed by atoms with Gasteiger partial charge in [-0.25, -0.2) is 9.78 Å². The van der Waals surface area contributed by atoms with Crippen molar-refractivity contribution >= 4 is 92.8 Å². The van der Waals surface area contributed by atoms with E-state index < -0.39 is 47.0 Å². The van der Waals surface area contributed by atoms with Crippen molar-refractivity contribution < 1.29 is 43.8 Å². The van der Waals surface area contributed by atoms with E-state index in [4.69, 9.17) is 9.94 Å². The van der Waals surface area contributed by atoms with Crippen LogP contribution in [0.15, 0.2) is 49.7 Å². The summed E-state index contributed by atoms with van der Waals surface area (Å²) in [6, 6.07) is 6.80. The number of carboxylic acid groups (broad SMARTS) is 2. The molecule has 5 rings (SSSR count). The average molecular weight is 775 g/mol. The van der Waals surface area contributed by atoms with E-state index in [1.165, 1.54) is 34.9 Å². The van der Waals surface area contributed by atoms with Gasteiger partial charge < -0.3 is 31.0 Å². The Morgan fingerprint density at radius 3 is 2.53 bits per heavy atom. The number of carbonyl (C=O) groups excluding carboxylic acids is 4. The van der Waals surface area contributed by atoms with Crippen molar-refractivity contribution in [3.63, 3.8) is 0 Å².